The number of aryl methyl sites for hydroxylation is 1. The first-order valence-corrected chi connectivity index (χ1v) is 9.84. The molecule has 4 rings (SSSR count). The number of carbonyl (C=O) groups excluding carboxylic acids is 1. The van der Waals surface area contributed by atoms with Gasteiger partial charge in [-0.3, -0.25) is 20.3 Å². The maximum absolute atomic E-state index is 12.6. The molecule has 160 valence electrons. The number of hydrazone groups is 1. The van der Waals surface area contributed by atoms with Crippen LogP contribution in [-0.2, 0) is 11.3 Å². The van der Waals surface area contributed by atoms with Crippen LogP contribution < -0.4 is 10.7 Å². The second-order valence-electron chi connectivity index (χ2n) is 7.14. The topological polar surface area (TPSA) is 114 Å². The van der Waals surface area contributed by atoms with Crippen molar-refractivity contribution in [2.75, 3.05) is 10.7 Å². The number of rotatable bonds is 7. The average molecular weight is 428 g/mol. The lowest BCUT2D eigenvalue weighted by Gasteiger charge is -2.07. The Kier molecular flexibility index (Phi) is 5.89. The van der Waals surface area contributed by atoms with E-state index in [0.717, 1.165) is 27.7 Å². The lowest BCUT2D eigenvalue weighted by atomic mass is 10.2. The predicted octanol–water partition coefficient (Wildman–Crippen LogP) is 4.34. The number of para-hydroxylation sites is 1. The fourth-order valence-corrected chi connectivity index (χ4v) is 3.29. The molecule has 9 nitrogen and oxygen atoms in total. The minimum Gasteiger partial charge on any atom is -0.337 e. The number of carbonyl (C=O) groups is 1. The van der Waals surface area contributed by atoms with E-state index in [4.69, 9.17) is 0 Å². The molecule has 2 aromatic carbocycles. The number of aromatic nitrogens is 2. The second kappa shape index (κ2) is 9.09. The Hall–Kier alpha value is -4.53. The monoisotopic (exact) mass is 428 g/mol. The lowest BCUT2D eigenvalue weighted by Crippen LogP contribution is -2.18. The third-order valence-electron chi connectivity index (χ3n) is 4.83. The summed E-state index contributed by atoms with van der Waals surface area (Å²) in [6, 6.07) is 18.1. The van der Waals surface area contributed by atoms with Crippen molar-refractivity contribution in [3.05, 3.63) is 94.3 Å². The van der Waals surface area contributed by atoms with Gasteiger partial charge in [0.15, 0.2) is 0 Å². The van der Waals surface area contributed by atoms with Crippen LogP contribution in [0.4, 0.5) is 17.2 Å². The van der Waals surface area contributed by atoms with Gasteiger partial charge in [0.25, 0.3) is 0 Å². The van der Waals surface area contributed by atoms with Gasteiger partial charge < -0.3 is 9.88 Å². The van der Waals surface area contributed by atoms with Crippen molar-refractivity contribution >= 4 is 40.2 Å². The Morgan fingerprint density at radius 1 is 1.16 bits per heavy atom. The number of anilines is 2. The van der Waals surface area contributed by atoms with Gasteiger partial charge in [0.05, 0.1) is 11.1 Å². The molecule has 0 fully saturated rings. The fraction of sp³-hybridized carbons (Fsp3) is 0.0870. The molecule has 0 spiro atoms. The zero-order chi connectivity index (χ0) is 22.5. The summed E-state index contributed by atoms with van der Waals surface area (Å²) in [5.74, 6) is -0.102. The predicted molar refractivity (Wildman–Crippen MR) is 124 cm³/mol. The highest BCUT2D eigenvalue weighted by atomic mass is 16.6. The van der Waals surface area contributed by atoms with Crippen molar-refractivity contribution in [3.63, 3.8) is 0 Å². The van der Waals surface area contributed by atoms with Gasteiger partial charge in [0.1, 0.15) is 6.54 Å². The van der Waals surface area contributed by atoms with Crippen LogP contribution in [0.3, 0.4) is 0 Å². The van der Waals surface area contributed by atoms with E-state index in [1.165, 1.54) is 18.3 Å². The van der Waals surface area contributed by atoms with Crippen molar-refractivity contribution < 1.29 is 9.72 Å². The van der Waals surface area contributed by atoms with Crippen molar-refractivity contribution in [2.45, 2.75) is 13.5 Å². The number of fused-ring (bicyclic) bond motifs is 1. The quantitative estimate of drug-likeness (QED) is 0.258. The van der Waals surface area contributed by atoms with Gasteiger partial charge >= 0.3 is 5.69 Å². The van der Waals surface area contributed by atoms with E-state index in [9.17, 15) is 14.9 Å². The van der Waals surface area contributed by atoms with Gasteiger partial charge in [-0.25, -0.2) is 4.98 Å². The van der Waals surface area contributed by atoms with Gasteiger partial charge in [0.2, 0.25) is 11.7 Å². The summed E-state index contributed by atoms with van der Waals surface area (Å²) in [6.07, 6.45) is 4.82. The van der Waals surface area contributed by atoms with Gasteiger partial charge in [-0.2, -0.15) is 5.10 Å². The molecule has 0 radical (unpaired) electrons. The normalized spacial score (nSPS) is 11.0. The van der Waals surface area contributed by atoms with Crippen molar-refractivity contribution in [2.24, 2.45) is 5.10 Å². The average Bonchev–Trinajstić information content (AvgIpc) is 3.13. The third kappa shape index (κ3) is 4.62. The van der Waals surface area contributed by atoms with E-state index in [0.29, 0.717) is 0 Å². The van der Waals surface area contributed by atoms with Crippen LogP contribution in [-0.4, -0.2) is 26.6 Å². The van der Waals surface area contributed by atoms with Crippen LogP contribution in [0.1, 0.15) is 11.1 Å². The highest BCUT2D eigenvalue weighted by Gasteiger charge is 2.14. The number of nitro groups is 1. The van der Waals surface area contributed by atoms with Crippen LogP contribution in [0.2, 0.25) is 0 Å². The van der Waals surface area contributed by atoms with Gasteiger partial charge in [-0.15, -0.1) is 0 Å². The number of nitrogens with zero attached hydrogens (tertiary/aromatic N) is 4. The zero-order valence-electron chi connectivity index (χ0n) is 17.2. The summed E-state index contributed by atoms with van der Waals surface area (Å²) < 4.78 is 1.84. The van der Waals surface area contributed by atoms with E-state index < -0.39 is 4.92 Å². The highest BCUT2D eigenvalue weighted by molar-refractivity contribution is 6.00. The lowest BCUT2D eigenvalue weighted by molar-refractivity contribution is -0.384. The molecule has 4 aromatic rings. The number of pyridine rings is 1. The van der Waals surface area contributed by atoms with E-state index in [1.54, 1.807) is 6.21 Å². The number of hydrogen-bond acceptors (Lipinski definition) is 6. The van der Waals surface area contributed by atoms with Crippen LogP contribution in [0.15, 0.2) is 78.2 Å². The first-order chi connectivity index (χ1) is 15.5. The largest absolute Gasteiger partial charge is 0.337 e. The van der Waals surface area contributed by atoms with Gasteiger partial charge in [0, 0.05) is 40.6 Å². The third-order valence-corrected chi connectivity index (χ3v) is 4.83. The Balaban J connectivity index is 1.54. The van der Waals surface area contributed by atoms with Crippen LogP contribution in [0.5, 0.6) is 0 Å². The second-order valence-corrected chi connectivity index (χ2v) is 7.14. The zero-order valence-corrected chi connectivity index (χ0v) is 17.2. The van der Waals surface area contributed by atoms with Crippen molar-refractivity contribution in [1.29, 1.82) is 0 Å². The number of amides is 1. The molecular formula is C23H20N6O3. The fourth-order valence-electron chi connectivity index (χ4n) is 3.29. The van der Waals surface area contributed by atoms with Gasteiger partial charge in [-0.1, -0.05) is 35.9 Å². The first kappa shape index (κ1) is 20.7. The minimum absolute atomic E-state index is 0.0509. The molecule has 0 saturated carbocycles. The first-order valence-electron chi connectivity index (χ1n) is 9.84. The molecule has 0 aliphatic rings. The molecule has 2 heterocycles. The molecule has 0 aliphatic carbocycles. The smallest absolute Gasteiger partial charge is 0.313 e. The van der Waals surface area contributed by atoms with Crippen molar-refractivity contribution in [3.8, 4) is 0 Å². The Morgan fingerprint density at radius 3 is 2.72 bits per heavy atom. The Morgan fingerprint density at radius 2 is 1.94 bits per heavy atom. The van der Waals surface area contributed by atoms with Crippen LogP contribution >= 0.6 is 0 Å². The highest BCUT2D eigenvalue weighted by Crippen LogP contribution is 2.22. The van der Waals surface area contributed by atoms with Crippen LogP contribution in [0, 0.1) is 17.0 Å². The SMILES string of the molecule is Cc1ccc(NC(=O)Cn2cc(/C=N\Nc3ncccc3[N+](=O)[O-])c3ccccc32)cc1. The van der Waals surface area contributed by atoms with E-state index in [1.807, 2.05) is 66.2 Å². The number of hydrogen-bond donors (Lipinski definition) is 2. The molecule has 0 unspecified atom stereocenters. The summed E-state index contributed by atoms with van der Waals surface area (Å²) >= 11 is 0. The van der Waals surface area contributed by atoms with E-state index in [-0.39, 0.29) is 24.0 Å². The molecule has 2 N–H and O–H groups in total. The number of nitrogens with one attached hydrogen (secondary N) is 2. The molecule has 32 heavy (non-hydrogen) atoms. The molecule has 0 saturated heterocycles. The Labute approximate surface area is 183 Å². The molecule has 0 atom stereocenters. The van der Waals surface area contributed by atoms with Crippen molar-refractivity contribution in [1.82, 2.24) is 9.55 Å². The number of benzene rings is 2. The minimum atomic E-state index is -0.524. The summed E-state index contributed by atoms with van der Waals surface area (Å²) in [7, 11) is 0. The van der Waals surface area contributed by atoms with E-state index >= 15 is 0 Å². The molecular weight excluding hydrogens is 408 g/mol. The molecule has 9 heteroatoms. The van der Waals surface area contributed by atoms with Crippen LogP contribution in [0.25, 0.3) is 10.9 Å². The molecule has 0 aliphatic heterocycles. The standard InChI is InChI=1S/C23H20N6O3/c1-16-8-10-18(11-9-16)26-22(30)15-28-14-17(19-5-2-3-6-20(19)28)13-25-27-23-21(29(31)32)7-4-12-24-23/h2-14H,15H2,1H3,(H,24,27)(H,26,30)/b25-13-. The van der Waals surface area contributed by atoms with Gasteiger partial charge in [-0.05, 0) is 31.2 Å². The van der Waals surface area contributed by atoms with E-state index in [2.05, 4.69) is 20.8 Å². The summed E-state index contributed by atoms with van der Waals surface area (Å²) in [6.45, 7) is 2.11. The Bertz CT molecular complexity index is 1310. The molecule has 2 aromatic heterocycles. The maximum Gasteiger partial charge on any atom is 0.313 e. The molecule has 0 bridgehead atoms. The molecule has 1 amide bonds. The summed E-state index contributed by atoms with van der Waals surface area (Å²) in [5, 5.41) is 19.0. The maximum atomic E-state index is 12.6. The summed E-state index contributed by atoms with van der Waals surface area (Å²) in [4.78, 5) is 27.1. The summed E-state index contributed by atoms with van der Waals surface area (Å²) in [5.41, 5.74) is 5.94.